The Labute approximate surface area is 186 Å². The number of hydrogen-bond donors (Lipinski definition) is 3. The Kier molecular flexibility index (Phi) is 5.30. The molecule has 8 heteroatoms. The smallest absolute Gasteiger partial charge is 0.256 e. The highest BCUT2D eigenvalue weighted by Crippen LogP contribution is 2.36. The lowest BCUT2D eigenvalue weighted by molar-refractivity contribution is -0.110. The molecular weight excluding hydrogens is 406 g/mol. The highest BCUT2D eigenvalue weighted by molar-refractivity contribution is 6.35. The molecule has 166 valence electrons. The molecule has 2 aromatic rings. The molecule has 4 heterocycles. The van der Waals surface area contributed by atoms with E-state index in [-0.39, 0.29) is 11.8 Å². The number of carbonyl (C=O) groups excluding carboxylic acids is 3. The van der Waals surface area contributed by atoms with Gasteiger partial charge in [0.05, 0.1) is 11.1 Å². The molecule has 1 aromatic carbocycles. The van der Waals surface area contributed by atoms with E-state index >= 15 is 0 Å². The summed E-state index contributed by atoms with van der Waals surface area (Å²) in [5, 5.41) is 5.48. The van der Waals surface area contributed by atoms with Crippen molar-refractivity contribution in [3.63, 3.8) is 0 Å². The standard InChI is InChI=1S/C24H27N5O3/c1-15-21(13-18-17-12-16(25-14-30)4-5-19(17)27-23(18)31)26-20-6-9-29(24(32)22(15)20)11-10-28-7-2-3-8-28/h4-5,12-14,26H,2-3,6-11H2,1H3,(H,25,30)(H,27,31)/b18-13+. The van der Waals surface area contributed by atoms with Crippen LogP contribution in [0.4, 0.5) is 11.4 Å². The molecule has 0 saturated carbocycles. The number of carbonyl (C=O) groups is 3. The van der Waals surface area contributed by atoms with E-state index in [1.165, 1.54) is 12.8 Å². The van der Waals surface area contributed by atoms with Gasteiger partial charge in [0, 0.05) is 54.4 Å². The summed E-state index contributed by atoms with van der Waals surface area (Å²) in [5.41, 5.74) is 5.87. The van der Waals surface area contributed by atoms with Gasteiger partial charge < -0.3 is 25.4 Å². The van der Waals surface area contributed by atoms with E-state index in [1.54, 1.807) is 24.3 Å². The number of fused-ring (bicyclic) bond motifs is 2. The van der Waals surface area contributed by atoms with E-state index < -0.39 is 0 Å². The van der Waals surface area contributed by atoms with Gasteiger partial charge in [0.25, 0.3) is 11.8 Å². The lowest BCUT2D eigenvalue weighted by Gasteiger charge is -2.29. The zero-order chi connectivity index (χ0) is 22.2. The molecule has 1 saturated heterocycles. The van der Waals surface area contributed by atoms with Gasteiger partial charge in [-0.3, -0.25) is 14.4 Å². The first-order valence-electron chi connectivity index (χ1n) is 11.2. The summed E-state index contributed by atoms with van der Waals surface area (Å²) in [5.74, 6) is -0.133. The molecule has 3 aliphatic heterocycles. The summed E-state index contributed by atoms with van der Waals surface area (Å²) in [4.78, 5) is 44.4. The molecule has 0 radical (unpaired) electrons. The number of hydrogen-bond acceptors (Lipinski definition) is 4. The molecule has 8 nitrogen and oxygen atoms in total. The fraction of sp³-hybridized carbons (Fsp3) is 0.375. The van der Waals surface area contributed by atoms with Crippen LogP contribution in [0.1, 0.15) is 45.7 Å². The fourth-order valence-electron chi connectivity index (χ4n) is 4.92. The van der Waals surface area contributed by atoms with Crippen LogP contribution in [0.5, 0.6) is 0 Å². The SMILES string of the molecule is Cc1c(/C=C2/C(=O)Nc3ccc(NC=O)cc32)[nH]c2c1C(=O)N(CCN1CCCC1)CC2. The van der Waals surface area contributed by atoms with Crippen molar-refractivity contribution >= 4 is 41.2 Å². The number of rotatable bonds is 6. The predicted octanol–water partition coefficient (Wildman–Crippen LogP) is 2.48. The molecule has 5 rings (SSSR count). The molecule has 3 N–H and O–H groups in total. The predicted molar refractivity (Wildman–Crippen MR) is 123 cm³/mol. The molecule has 32 heavy (non-hydrogen) atoms. The van der Waals surface area contributed by atoms with Crippen molar-refractivity contribution in [1.82, 2.24) is 14.8 Å². The van der Waals surface area contributed by atoms with Crippen molar-refractivity contribution in [2.75, 3.05) is 43.4 Å². The average Bonchev–Trinajstić information content (AvgIpc) is 3.48. The van der Waals surface area contributed by atoms with Crippen LogP contribution in [0.2, 0.25) is 0 Å². The van der Waals surface area contributed by atoms with Crippen LogP contribution in [0.15, 0.2) is 18.2 Å². The topological polar surface area (TPSA) is 97.5 Å². The van der Waals surface area contributed by atoms with E-state index in [1.807, 2.05) is 11.8 Å². The maximum atomic E-state index is 13.2. The van der Waals surface area contributed by atoms with Crippen LogP contribution in [0.3, 0.4) is 0 Å². The van der Waals surface area contributed by atoms with Gasteiger partial charge in [-0.05, 0) is 62.7 Å². The van der Waals surface area contributed by atoms with Crippen molar-refractivity contribution in [2.45, 2.75) is 26.2 Å². The lowest BCUT2D eigenvalue weighted by atomic mass is 10.0. The molecule has 3 amide bonds. The summed E-state index contributed by atoms with van der Waals surface area (Å²) < 4.78 is 0. The molecule has 0 spiro atoms. The van der Waals surface area contributed by atoms with Crippen molar-refractivity contribution in [1.29, 1.82) is 0 Å². The zero-order valence-electron chi connectivity index (χ0n) is 18.2. The molecular formula is C24H27N5O3. The number of H-pyrrole nitrogens is 1. The van der Waals surface area contributed by atoms with E-state index in [4.69, 9.17) is 0 Å². The second-order valence-electron chi connectivity index (χ2n) is 8.64. The first kappa shape index (κ1) is 20.5. The second-order valence-corrected chi connectivity index (χ2v) is 8.64. The maximum absolute atomic E-state index is 13.2. The number of aromatic amines is 1. The maximum Gasteiger partial charge on any atom is 0.256 e. The largest absolute Gasteiger partial charge is 0.358 e. The third kappa shape index (κ3) is 3.60. The highest BCUT2D eigenvalue weighted by atomic mass is 16.2. The lowest BCUT2D eigenvalue weighted by Crippen LogP contribution is -2.42. The Morgan fingerprint density at radius 2 is 1.94 bits per heavy atom. The summed E-state index contributed by atoms with van der Waals surface area (Å²) in [6.07, 6.45) is 5.69. The van der Waals surface area contributed by atoms with Crippen molar-refractivity contribution < 1.29 is 14.4 Å². The molecule has 1 fully saturated rings. The number of nitrogens with zero attached hydrogens (tertiary/aromatic N) is 2. The minimum atomic E-state index is -0.200. The second kappa shape index (κ2) is 8.27. The molecule has 0 atom stereocenters. The number of amides is 3. The molecule has 0 aliphatic carbocycles. The van der Waals surface area contributed by atoms with Gasteiger partial charge in [0.2, 0.25) is 6.41 Å². The summed E-state index contributed by atoms with van der Waals surface area (Å²) in [6.45, 7) is 6.57. The van der Waals surface area contributed by atoms with E-state index in [0.717, 1.165) is 60.7 Å². The van der Waals surface area contributed by atoms with Crippen LogP contribution in [0, 0.1) is 6.92 Å². The summed E-state index contributed by atoms with van der Waals surface area (Å²) in [7, 11) is 0. The third-order valence-corrected chi connectivity index (χ3v) is 6.70. The van der Waals surface area contributed by atoms with Gasteiger partial charge in [-0.2, -0.15) is 0 Å². The minimum absolute atomic E-state index is 0.0672. The van der Waals surface area contributed by atoms with Crippen LogP contribution in [0.25, 0.3) is 11.6 Å². The first-order chi connectivity index (χ1) is 15.5. The highest BCUT2D eigenvalue weighted by Gasteiger charge is 2.31. The third-order valence-electron chi connectivity index (χ3n) is 6.70. The van der Waals surface area contributed by atoms with Gasteiger partial charge in [0.15, 0.2) is 0 Å². The number of nitrogens with one attached hydrogen (secondary N) is 3. The van der Waals surface area contributed by atoms with E-state index in [0.29, 0.717) is 29.9 Å². The quantitative estimate of drug-likeness (QED) is 0.482. The number of likely N-dealkylation sites (tertiary alicyclic amines) is 1. The van der Waals surface area contributed by atoms with E-state index in [2.05, 4.69) is 20.5 Å². The molecule has 0 bridgehead atoms. The van der Waals surface area contributed by atoms with E-state index in [9.17, 15) is 14.4 Å². The minimum Gasteiger partial charge on any atom is -0.358 e. The van der Waals surface area contributed by atoms with Crippen LogP contribution < -0.4 is 10.6 Å². The van der Waals surface area contributed by atoms with Crippen molar-refractivity contribution in [3.05, 3.63) is 46.3 Å². The molecule has 3 aliphatic rings. The van der Waals surface area contributed by atoms with Gasteiger partial charge >= 0.3 is 0 Å². The monoisotopic (exact) mass is 433 g/mol. The average molecular weight is 434 g/mol. The first-order valence-corrected chi connectivity index (χ1v) is 11.2. The van der Waals surface area contributed by atoms with Crippen molar-refractivity contribution in [3.8, 4) is 0 Å². The Morgan fingerprint density at radius 3 is 2.72 bits per heavy atom. The Bertz CT molecular complexity index is 1130. The van der Waals surface area contributed by atoms with Gasteiger partial charge in [-0.15, -0.1) is 0 Å². The number of anilines is 2. The molecule has 0 unspecified atom stereocenters. The Hall–Kier alpha value is -3.39. The van der Waals surface area contributed by atoms with Gasteiger partial charge in [-0.25, -0.2) is 0 Å². The fourth-order valence-corrected chi connectivity index (χ4v) is 4.92. The Balaban J connectivity index is 1.41. The summed E-state index contributed by atoms with van der Waals surface area (Å²) >= 11 is 0. The van der Waals surface area contributed by atoms with Crippen LogP contribution in [-0.2, 0) is 16.0 Å². The number of aromatic nitrogens is 1. The number of benzene rings is 1. The molecule has 1 aromatic heterocycles. The summed E-state index contributed by atoms with van der Waals surface area (Å²) in [6, 6.07) is 5.29. The zero-order valence-corrected chi connectivity index (χ0v) is 18.2. The van der Waals surface area contributed by atoms with Gasteiger partial charge in [0.1, 0.15) is 0 Å². The van der Waals surface area contributed by atoms with Gasteiger partial charge in [-0.1, -0.05) is 0 Å². The van der Waals surface area contributed by atoms with Crippen LogP contribution >= 0.6 is 0 Å². The van der Waals surface area contributed by atoms with Crippen molar-refractivity contribution in [2.24, 2.45) is 0 Å². The normalized spacial score (nSPS) is 19.3. The van der Waals surface area contributed by atoms with Crippen LogP contribution in [-0.4, -0.2) is 65.7 Å². The Morgan fingerprint density at radius 1 is 1.12 bits per heavy atom.